The molecule has 2 aromatic rings. The van der Waals surface area contributed by atoms with Gasteiger partial charge in [0.15, 0.2) is 11.5 Å². The number of ether oxygens (including phenoxy) is 3. The Morgan fingerprint density at radius 2 is 2.07 bits per heavy atom. The van der Waals surface area contributed by atoms with Crippen molar-refractivity contribution >= 4 is 11.9 Å². The topological polar surface area (TPSA) is 87.5 Å². The zero-order chi connectivity index (χ0) is 19.0. The third-order valence-corrected chi connectivity index (χ3v) is 4.54. The lowest BCUT2D eigenvalue weighted by molar-refractivity contribution is -0.139. The van der Waals surface area contributed by atoms with Gasteiger partial charge in [0.05, 0.1) is 25.4 Å². The van der Waals surface area contributed by atoms with E-state index in [0.717, 1.165) is 12.0 Å². The summed E-state index contributed by atoms with van der Waals surface area (Å²) >= 11 is 0. The van der Waals surface area contributed by atoms with Crippen LogP contribution in [0.15, 0.2) is 29.5 Å². The minimum absolute atomic E-state index is 0.298. The highest BCUT2D eigenvalue weighted by molar-refractivity contribution is 5.92. The number of anilines is 1. The summed E-state index contributed by atoms with van der Waals surface area (Å²) in [5.74, 6) is 2.21. The van der Waals surface area contributed by atoms with Crippen molar-refractivity contribution in [2.45, 2.75) is 33.2 Å². The van der Waals surface area contributed by atoms with Crippen molar-refractivity contribution in [1.82, 2.24) is 14.8 Å². The fourth-order valence-corrected chi connectivity index (χ4v) is 3.39. The third kappa shape index (κ3) is 3.11. The van der Waals surface area contributed by atoms with Gasteiger partial charge in [-0.15, -0.1) is 0 Å². The summed E-state index contributed by atoms with van der Waals surface area (Å²) in [6, 6.07) is 5.25. The molecule has 0 bridgehead atoms. The SMILES string of the molecule is CCOC(=O)C1=C(C)Nc2nc(C)nn2C1c1ccc2c(c1)OCCCO2. The second-order valence-corrected chi connectivity index (χ2v) is 6.47. The van der Waals surface area contributed by atoms with Crippen LogP contribution < -0.4 is 14.8 Å². The largest absolute Gasteiger partial charge is 0.490 e. The van der Waals surface area contributed by atoms with E-state index in [2.05, 4.69) is 15.4 Å². The Balaban J connectivity index is 1.84. The monoisotopic (exact) mass is 370 g/mol. The summed E-state index contributed by atoms with van der Waals surface area (Å²) in [6.07, 6.45) is 0.830. The van der Waals surface area contributed by atoms with Crippen LogP contribution in [0.3, 0.4) is 0 Å². The van der Waals surface area contributed by atoms with Gasteiger partial charge in [-0.3, -0.25) is 0 Å². The molecule has 0 fully saturated rings. The van der Waals surface area contributed by atoms with Crippen molar-refractivity contribution in [2.24, 2.45) is 0 Å². The van der Waals surface area contributed by atoms with Gasteiger partial charge < -0.3 is 19.5 Å². The second kappa shape index (κ2) is 6.94. The number of allylic oxidation sites excluding steroid dienone is 1. The average molecular weight is 370 g/mol. The minimum atomic E-state index is -0.460. The van der Waals surface area contributed by atoms with E-state index in [1.807, 2.05) is 32.0 Å². The minimum Gasteiger partial charge on any atom is -0.490 e. The summed E-state index contributed by atoms with van der Waals surface area (Å²) in [6.45, 7) is 6.97. The molecule has 1 aromatic carbocycles. The van der Waals surface area contributed by atoms with E-state index in [1.54, 1.807) is 11.6 Å². The zero-order valence-electron chi connectivity index (χ0n) is 15.6. The first kappa shape index (κ1) is 17.4. The fourth-order valence-electron chi connectivity index (χ4n) is 3.39. The normalized spacial score (nSPS) is 18.4. The van der Waals surface area contributed by atoms with Gasteiger partial charge in [0.1, 0.15) is 11.9 Å². The molecule has 27 heavy (non-hydrogen) atoms. The summed E-state index contributed by atoms with van der Waals surface area (Å²) < 4.78 is 18.6. The van der Waals surface area contributed by atoms with Crippen LogP contribution in [0.4, 0.5) is 5.95 Å². The molecule has 0 saturated carbocycles. The first-order chi connectivity index (χ1) is 13.1. The summed E-state index contributed by atoms with van der Waals surface area (Å²) in [7, 11) is 0. The molecule has 8 heteroatoms. The number of carbonyl (C=O) groups excluding carboxylic acids is 1. The molecule has 2 aliphatic heterocycles. The highest BCUT2D eigenvalue weighted by atomic mass is 16.5. The lowest BCUT2D eigenvalue weighted by Crippen LogP contribution is -2.29. The number of nitrogens with zero attached hydrogens (tertiary/aromatic N) is 3. The third-order valence-electron chi connectivity index (χ3n) is 4.54. The number of benzene rings is 1. The molecular weight excluding hydrogens is 348 g/mol. The lowest BCUT2D eigenvalue weighted by Gasteiger charge is -2.28. The smallest absolute Gasteiger partial charge is 0.338 e. The maximum absolute atomic E-state index is 12.7. The molecule has 0 saturated heterocycles. The van der Waals surface area contributed by atoms with Crippen molar-refractivity contribution in [3.63, 3.8) is 0 Å². The van der Waals surface area contributed by atoms with Crippen LogP contribution in [-0.2, 0) is 9.53 Å². The lowest BCUT2D eigenvalue weighted by atomic mass is 9.95. The molecular formula is C19H22N4O4. The van der Waals surface area contributed by atoms with Crippen LogP contribution in [-0.4, -0.2) is 40.6 Å². The summed E-state index contributed by atoms with van der Waals surface area (Å²) in [5, 5.41) is 7.65. The summed E-state index contributed by atoms with van der Waals surface area (Å²) in [5.41, 5.74) is 2.06. The van der Waals surface area contributed by atoms with Crippen molar-refractivity contribution in [3.8, 4) is 11.5 Å². The van der Waals surface area contributed by atoms with Crippen LogP contribution in [0.5, 0.6) is 11.5 Å². The van der Waals surface area contributed by atoms with Crippen molar-refractivity contribution in [3.05, 3.63) is 40.9 Å². The van der Waals surface area contributed by atoms with Crippen LogP contribution in [0, 0.1) is 6.92 Å². The molecule has 1 unspecified atom stereocenters. The average Bonchev–Trinajstić information content (AvgIpc) is 2.86. The van der Waals surface area contributed by atoms with Gasteiger partial charge >= 0.3 is 5.97 Å². The number of carbonyl (C=O) groups is 1. The van der Waals surface area contributed by atoms with Gasteiger partial charge in [0.25, 0.3) is 0 Å². The molecule has 8 nitrogen and oxygen atoms in total. The van der Waals surface area contributed by atoms with Crippen molar-refractivity contribution in [1.29, 1.82) is 0 Å². The predicted molar refractivity (Wildman–Crippen MR) is 97.9 cm³/mol. The number of esters is 1. The van der Waals surface area contributed by atoms with E-state index in [-0.39, 0.29) is 5.97 Å². The fraction of sp³-hybridized carbons (Fsp3) is 0.421. The van der Waals surface area contributed by atoms with Gasteiger partial charge in [-0.1, -0.05) is 6.07 Å². The van der Waals surface area contributed by atoms with E-state index in [1.165, 1.54) is 0 Å². The molecule has 1 aromatic heterocycles. The maximum Gasteiger partial charge on any atom is 0.338 e. The van der Waals surface area contributed by atoms with E-state index >= 15 is 0 Å². The van der Waals surface area contributed by atoms with Gasteiger partial charge in [-0.25, -0.2) is 9.48 Å². The number of aromatic nitrogens is 3. The Kier molecular flexibility index (Phi) is 4.47. The predicted octanol–water partition coefficient (Wildman–Crippen LogP) is 2.60. The highest BCUT2D eigenvalue weighted by Crippen LogP contribution is 2.39. The Labute approximate surface area is 157 Å². The Morgan fingerprint density at radius 3 is 2.85 bits per heavy atom. The number of aryl methyl sites for hydroxylation is 1. The van der Waals surface area contributed by atoms with Crippen LogP contribution in [0.1, 0.15) is 37.7 Å². The van der Waals surface area contributed by atoms with E-state index in [0.29, 0.717) is 54.4 Å². The molecule has 142 valence electrons. The van der Waals surface area contributed by atoms with Crippen molar-refractivity contribution in [2.75, 3.05) is 25.1 Å². The van der Waals surface area contributed by atoms with E-state index < -0.39 is 6.04 Å². The molecule has 3 heterocycles. The van der Waals surface area contributed by atoms with Gasteiger partial charge in [0.2, 0.25) is 5.95 Å². The van der Waals surface area contributed by atoms with Gasteiger partial charge in [0, 0.05) is 12.1 Å². The van der Waals surface area contributed by atoms with Crippen LogP contribution in [0.2, 0.25) is 0 Å². The first-order valence-corrected chi connectivity index (χ1v) is 9.06. The molecule has 2 aliphatic rings. The van der Waals surface area contributed by atoms with E-state index in [9.17, 15) is 4.79 Å². The first-order valence-electron chi connectivity index (χ1n) is 9.06. The number of hydrogen-bond donors (Lipinski definition) is 1. The molecule has 0 spiro atoms. The zero-order valence-corrected chi connectivity index (χ0v) is 15.6. The molecule has 0 aliphatic carbocycles. The number of hydrogen-bond acceptors (Lipinski definition) is 7. The maximum atomic E-state index is 12.7. The molecule has 0 radical (unpaired) electrons. The molecule has 1 N–H and O–H groups in total. The number of rotatable bonds is 3. The second-order valence-electron chi connectivity index (χ2n) is 6.47. The number of fused-ring (bicyclic) bond motifs is 2. The molecule has 1 atom stereocenters. The standard InChI is InChI=1S/C19H22N4O4/c1-4-25-18(24)16-11(2)20-19-21-12(3)22-23(19)17(16)13-6-7-14-15(10-13)27-9-5-8-26-14/h6-7,10,17H,4-5,8-9H2,1-3H3,(H,20,21,22). The summed E-state index contributed by atoms with van der Waals surface area (Å²) in [4.78, 5) is 17.1. The van der Waals surface area contributed by atoms with E-state index in [4.69, 9.17) is 14.2 Å². The number of nitrogens with one attached hydrogen (secondary N) is 1. The van der Waals surface area contributed by atoms with Crippen LogP contribution in [0.25, 0.3) is 0 Å². The Morgan fingerprint density at radius 1 is 1.30 bits per heavy atom. The van der Waals surface area contributed by atoms with Gasteiger partial charge in [-0.2, -0.15) is 10.1 Å². The quantitative estimate of drug-likeness (QED) is 0.831. The Hall–Kier alpha value is -3.03. The highest BCUT2D eigenvalue weighted by Gasteiger charge is 2.35. The van der Waals surface area contributed by atoms with Gasteiger partial charge in [-0.05, 0) is 38.5 Å². The van der Waals surface area contributed by atoms with Crippen LogP contribution >= 0.6 is 0 Å². The molecule has 4 rings (SSSR count). The molecule has 0 amide bonds. The van der Waals surface area contributed by atoms with Crippen molar-refractivity contribution < 1.29 is 19.0 Å². The Bertz CT molecular complexity index is 918.